The van der Waals surface area contributed by atoms with Crippen molar-refractivity contribution in [2.24, 2.45) is 11.8 Å². The van der Waals surface area contributed by atoms with Crippen LogP contribution < -0.4 is 0 Å². The smallest absolute Gasteiger partial charge is 0.253 e. The molecule has 3 aliphatic rings. The number of benzene rings is 1. The van der Waals surface area contributed by atoms with E-state index in [1.165, 1.54) is 42.1 Å². The first-order valence-electron chi connectivity index (χ1n) is 10.1. The van der Waals surface area contributed by atoms with Crippen molar-refractivity contribution < 1.29 is 17.9 Å². The van der Waals surface area contributed by atoms with Gasteiger partial charge in [-0.1, -0.05) is 30.9 Å². The highest BCUT2D eigenvalue weighted by Gasteiger charge is 2.34. The summed E-state index contributed by atoms with van der Waals surface area (Å²) in [7, 11) is -3.75. The van der Waals surface area contributed by atoms with E-state index in [1.807, 2.05) is 4.90 Å². The molecular formula is C20H27ClN2O4S. The summed E-state index contributed by atoms with van der Waals surface area (Å²) in [6, 6.07) is 4.61. The fourth-order valence-corrected chi connectivity index (χ4v) is 6.64. The van der Waals surface area contributed by atoms with Crippen LogP contribution in [0.1, 0.15) is 42.5 Å². The third-order valence-corrected chi connectivity index (χ3v) is 8.72. The minimum Gasteiger partial charge on any atom is -0.379 e. The second kappa shape index (κ2) is 8.30. The van der Waals surface area contributed by atoms with Crippen molar-refractivity contribution >= 4 is 27.5 Å². The number of rotatable bonds is 3. The maximum Gasteiger partial charge on any atom is 0.253 e. The van der Waals surface area contributed by atoms with Crippen molar-refractivity contribution in [3.63, 3.8) is 0 Å². The Hall–Kier alpha value is -1.15. The van der Waals surface area contributed by atoms with E-state index < -0.39 is 10.0 Å². The van der Waals surface area contributed by atoms with Crippen LogP contribution in [0.15, 0.2) is 23.1 Å². The number of nitrogens with zero attached hydrogens (tertiary/aromatic N) is 2. The van der Waals surface area contributed by atoms with E-state index in [0.717, 1.165) is 25.4 Å². The Bertz CT molecular complexity index is 839. The first-order valence-corrected chi connectivity index (χ1v) is 12.0. The molecule has 6 nitrogen and oxygen atoms in total. The fourth-order valence-electron chi connectivity index (χ4n) is 4.73. The average Bonchev–Trinajstić information content (AvgIpc) is 2.73. The quantitative estimate of drug-likeness (QED) is 0.745. The maximum atomic E-state index is 13.1. The molecule has 0 spiro atoms. The lowest BCUT2D eigenvalue weighted by molar-refractivity contribution is 0.0520. The van der Waals surface area contributed by atoms with Crippen LogP contribution in [-0.2, 0) is 14.8 Å². The predicted octanol–water partition coefficient (Wildman–Crippen LogP) is 3.01. The van der Waals surface area contributed by atoms with E-state index in [4.69, 9.17) is 16.3 Å². The van der Waals surface area contributed by atoms with Gasteiger partial charge in [-0.2, -0.15) is 4.31 Å². The molecule has 2 heterocycles. The Labute approximate surface area is 171 Å². The van der Waals surface area contributed by atoms with Crippen molar-refractivity contribution in [2.75, 3.05) is 39.4 Å². The summed E-state index contributed by atoms with van der Waals surface area (Å²) in [6.07, 6.45) is 6.05. The molecular weight excluding hydrogens is 400 g/mol. The Kier molecular flexibility index (Phi) is 5.97. The first-order chi connectivity index (χ1) is 13.5. The fraction of sp³-hybridized carbons (Fsp3) is 0.650. The van der Waals surface area contributed by atoms with Gasteiger partial charge in [0.15, 0.2) is 0 Å². The molecule has 3 fully saturated rings. The molecule has 0 bridgehead atoms. The normalized spacial score (nSPS) is 26.7. The van der Waals surface area contributed by atoms with Gasteiger partial charge in [0, 0.05) is 31.7 Å². The number of ether oxygens (including phenoxy) is 1. The number of halogens is 1. The van der Waals surface area contributed by atoms with Gasteiger partial charge >= 0.3 is 0 Å². The molecule has 8 heteroatoms. The Morgan fingerprint density at radius 3 is 2.50 bits per heavy atom. The number of piperidine rings is 1. The summed E-state index contributed by atoms with van der Waals surface area (Å²) in [5.74, 6) is 1.22. The van der Waals surface area contributed by atoms with Crippen molar-refractivity contribution in [1.82, 2.24) is 9.21 Å². The number of fused-ring (bicyclic) bond motifs is 1. The number of hydrogen-bond acceptors (Lipinski definition) is 4. The van der Waals surface area contributed by atoms with Crippen LogP contribution in [0.3, 0.4) is 0 Å². The molecule has 0 N–H and O–H groups in total. The van der Waals surface area contributed by atoms with E-state index in [1.54, 1.807) is 6.07 Å². The van der Waals surface area contributed by atoms with Gasteiger partial charge < -0.3 is 9.64 Å². The van der Waals surface area contributed by atoms with Gasteiger partial charge in [0.2, 0.25) is 10.0 Å². The molecule has 1 saturated carbocycles. The zero-order valence-electron chi connectivity index (χ0n) is 16.0. The SMILES string of the molecule is O=C(c1ccc(Cl)c(S(=O)(=O)N2CCOCC2)c1)N1CC[C@@H]2CCCC[C@@H]2C1. The molecule has 154 valence electrons. The summed E-state index contributed by atoms with van der Waals surface area (Å²) >= 11 is 6.22. The van der Waals surface area contributed by atoms with E-state index in [9.17, 15) is 13.2 Å². The van der Waals surface area contributed by atoms with Crippen molar-refractivity contribution in [3.8, 4) is 0 Å². The number of carbonyl (C=O) groups excluding carboxylic acids is 1. The topological polar surface area (TPSA) is 66.9 Å². The third kappa shape index (κ3) is 3.95. The number of sulfonamides is 1. The molecule has 2 atom stereocenters. The van der Waals surface area contributed by atoms with Crippen LogP contribution in [-0.4, -0.2) is 62.9 Å². The van der Waals surface area contributed by atoms with E-state index >= 15 is 0 Å². The summed E-state index contributed by atoms with van der Waals surface area (Å²) < 4.78 is 32.6. The van der Waals surface area contributed by atoms with Crippen LogP contribution in [0, 0.1) is 11.8 Å². The Morgan fingerprint density at radius 2 is 1.75 bits per heavy atom. The Morgan fingerprint density at radius 1 is 1.04 bits per heavy atom. The molecule has 2 aliphatic heterocycles. The zero-order chi connectivity index (χ0) is 19.7. The van der Waals surface area contributed by atoms with Crippen LogP contribution in [0.5, 0.6) is 0 Å². The largest absolute Gasteiger partial charge is 0.379 e. The molecule has 0 radical (unpaired) electrons. The molecule has 1 aromatic carbocycles. The van der Waals surface area contributed by atoms with Gasteiger partial charge in [0.25, 0.3) is 5.91 Å². The second-order valence-electron chi connectivity index (χ2n) is 8.01. The summed E-state index contributed by atoms with van der Waals surface area (Å²) in [5, 5.41) is 0.147. The van der Waals surface area contributed by atoms with Crippen molar-refractivity contribution in [3.05, 3.63) is 28.8 Å². The lowest BCUT2D eigenvalue weighted by Crippen LogP contribution is -2.44. The number of hydrogen-bond donors (Lipinski definition) is 0. The molecule has 0 unspecified atom stereocenters. The van der Waals surface area contributed by atoms with Crippen LogP contribution in [0.4, 0.5) is 0 Å². The van der Waals surface area contributed by atoms with Gasteiger partial charge in [-0.3, -0.25) is 4.79 Å². The predicted molar refractivity (Wildman–Crippen MR) is 107 cm³/mol. The molecule has 28 heavy (non-hydrogen) atoms. The summed E-state index contributed by atoms with van der Waals surface area (Å²) in [5.41, 5.74) is 0.394. The zero-order valence-corrected chi connectivity index (χ0v) is 17.6. The van der Waals surface area contributed by atoms with Crippen molar-refractivity contribution in [1.29, 1.82) is 0 Å². The van der Waals surface area contributed by atoms with Crippen LogP contribution >= 0.6 is 11.6 Å². The second-order valence-corrected chi connectivity index (χ2v) is 10.3. The minimum atomic E-state index is -3.75. The van der Waals surface area contributed by atoms with E-state index in [2.05, 4.69) is 0 Å². The third-order valence-electron chi connectivity index (χ3n) is 6.34. The van der Waals surface area contributed by atoms with Crippen molar-refractivity contribution in [2.45, 2.75) is 37.0 Å². The summed E-state index contributed by atoms with van der Waals surface area (Å²) in [6.45, 7) is 2.85. The summed E-state index contributed by atoms with van der Waals surface area (Å²) in [4.78, 5) is 15.0. The lowest BCUT2D eigenvalue weighted by Gasteiger charge is -2.41. The van der Waals surface area contributed by atoms with E-state index in [0.29, 0.717) is 37.8 Å². The number of likely N-dealkylation sites (tertiary alicyclic amines) is 1. The average molecular weight is 427 g/mol. The minimum absolute atomic E-state index is 0.00877. The molecule has 1 aliphatic carbocycles. The lowest BCUT2D eigenvalue weighted by atomic mass is 9.75. The van der Waals surface area contributed by atoms with Gasteiger partial charge in [-0.05, 0) is 42.9 Å². The molecule has 4 rings (SSSR count). The highest BCUT2D eigenvalue weighted by atomic mass is 35.5. The molecule has 0 aromatic heterocycles. The van der Waals surface area contributed by atoms with Gasteiger partial charge in [-0.25, -0.2) is 8.42 Å². The first kappa shape index (κ1) is 20.1. The molecule has 2 saturated heterocycles. The van der Waals surface area contributed by atoms with Gasteiger partial charge in [0.05, 0.1) is 18.2 Å². The van der Waals surface area contributed by atoms with E-state index in [-0.39, 0.29) is 15.8 Å². The highest BCUT2D eigenvalue weighted by molar-refractivity contribution is 7.89. The number of carbonyl (C=O) groups is 1. The van der Waals surface area contributed by atoms with Crippen LogP contribution in [0.2, 0.25) is 5.02 Å². The molecule has 1 aromatic rings. The van der Waals surface area contributed by atoms with Gasteiger partial charge in [0.1, 0.15) is 4.90 Å². The number of morpholine rings is 1. The standard InChI is InChI=1S/C20H27ClN2O4S/c21-18-6-5-16(13-19(18)28(25,26)23-9-11-27-12-10-23)20(24)22-8-7-15-3-1-2-4-17(15)14-22/h5-6,13,15,17H,1-4,7-12,14H2/t15-,17+/m0/s1. The van der Waals surface area contributed by atoms with Gasteiger partial charge in [-0.15, -0.1) is 0 Å². The monoisotopic (exact) mass is 426 g/mol. The molecule has 1 amide bonds. The maximum absolute atomic E-state index is 13.1. The number of amides is 1. The highest BCUT2D eigenvalue weighted by Crippen LogP contribution is 2.36. The Balaban J connectivity index is 1.55. The van der Waals surface area contributed by atoms with Crippen LogP contribution in [0.25, 0.3) is 0 Å².